The Morgan fingerprint density at radius 3 is 2.93 bits per heavy atom. The molecule has 1 saturated carbocycles. The number of hydrogen-bond acceptors (Lipinski definition) is 5. The van der Waals surface area contributed by atoms with Crippen LogP contribution in [0.3, 0.4) is 0 Å². The van der Waals surface area contributed by atoms with Crippen LogP contribution in [-0.2, 0) is 4.79 Å². The van der Waals surface area contributed by atoms with Crippen LogP contribution in [0.25, 0.3) is 22.6 Å². The number of aromatic nitrogens is 4. The third kappa shape index (κ3) is 2.57. The van der Waals surface area contributed by atoms with Crippen LogP contribution < -0.4 is 11.1 Å². The molecule has 3 aromatic heterocycles. The lowest BCUT2D eigenvalue weighted by molar-refractivity contribution is -0.122. The minimum absolute atomic E-state index is 0.0980. The zero-order chi connectivity index (χ0) is 18.5. The highest BCUT2D eigenvalue weighted by molar-refractivity contribution is 6.34. The standard InChI is InChI=1S/C19H17ClN6O/c20-12-8-23-19-16(25-18(26-19)11-2-1-5-22-7-11)15(12)24-14-10-4-3-9(6-10)13(14)17(21)27/h1-5,7-10,13-14H,6H2,(H2,21,27)(H2,23,24,25,26)/t9-,10+,13+,14-/m1/s1. The number of amides is 1. The zero-order valence-electron chi connectivity index (χ0n) is 14.3. The van der Waals surface area contributed by atoms with E-state index < -0.39 is 0 Å². The van der Waals surface area contributed by atoms with Crippen LogP contribution >= 0.6 is 11.6 Å². The summed E-state index contributed by atoms with van der Waals surface area (Å²) in [5.41, 5.74) is 8.46. The Bertz CT molecular complexity index is 1060. The second kappa shape index (κ2) is 6.06. The number of imidazole rings is 1. The van der Waals surface area contributed by atoms with Gasteiger partial charge in [0.05, 0.1) is 22.8 Å². The molecule has 0 spiro atoms. The monoisotopic (exact) mass is 380 g/mol. The van der Waals surface area contributed by atoms with Gasteiger partial charge >= 0.3 is 0 Å². The third-order valence-corrected chi connectivity index (χ3v) is 5.79. The van der Waals surface area contributed by atoms with Gasteiger partial charge in [0.25, 0.3) is 0 Å². The van der Waals surface area contributed by atoms with Gasteiger partial charge in [0, 0.05) is 24.0 Å². The summed E-state index contributed by atoms with van der Waals surface area (Å²) in [5, 5.41) is 3.92. The molecule has 2 bridgehead atoms. The maximum Gasteiger partial charge on any atom is 0.223 e. The molecule has 2 aliphatic carbocycles. The van der Waals surface area contributed by atoms with Crippen LogP contribution in [0, 0.1) is 17.8 Å². The number of anilines is 1. The van der Waals surface area contributed by atoms with E-state index in [1.165, 1.54) is 0 Å². The number of allylic oxidation sites excluding steroid dienone is 1. The summed E-state index contributed by atoms with van der Waals surface area (Å²) in [5.74, 6) is 0.560. The quantitative estimate of drug-likeness (QED) is 0.603. The number of fused-ring (bicyclic) bond motifs is 3. The number of aromatic amines is 1. The van der Waals surface area contributed by atoms with E-state index in [2.05, 4.69) is 37.4 Å². The maximum atomic E-state index is 12.0. The molecule has 0 unspecified atom stereocenters. The first-order valence-corrected chi connectivity index (χ1v) is 9.18. The Morgan fingerprint density at radius 1 is 1.30 bits per heavy atom. The molecule has 0 aliphatic heterocycles. The molecule has 4 N–H and O–H groups in total. The molecule has 8 heteroatoms. The maximum absolute atomic E-state index is 12.0. The van der Waals surface area contributed by atoms with Gasteiger partial charge in [-0.05, 0) is 30.4 Å². The van der Waals surface area contributed by atoms with Gasteiger partial charge in [0.15, 0.2) is 5.65 Å². The number of halogens is 1. The van der Waals surface area contributed by atoms with Crippen molar-refractivity contribution >= 4 is 34.4 Å². The first-order chi connectivity index (χ1) is 13.1. The summed E-state index contributed by atoms with van der Waals surface area (Å²) in [6, 6.07) is 3.67. The van der Waals surface area contributed by atoms with Gasteiger partial charge in [0.2, 0.25) is 5.91 Å². The van der Waals surface area contributed by atoms with E-state index in [0.717, 1.165) is 12.0 Å². The molecule has 0 aromatic carbocycles. The van der Waals surface area contributed by atoms with Crippen LogP contribution in [0.2, 0.25) is 5.02 Å². The number of carbonyl (C=O) groups is 1. The van der Waals surface area contributed by atoms with E-state index in [4.69, 9.17) is 17.3 Å². The van der Waals surface area contributed by atoms with Crippen molar-refractivity contribution in [2.75, 3.05) is 5.32 Å². The minimum Gasteiger partial charge on any atom is -0.378 e. The number of hydrogen-bond donors (Lipinski definition) is 3. The zero-order valence-corrected chi connectivity index (χ0v) is 15.0. The van der Waals surface area contributed by atoms with E-state index in [9.17, 15) is 4.79 Å². The molecule has 5 rings (SSSR count). The van der Waals surface area contributed by atoms with Gasteiger partial charge in [-0.15, -0.1) is 0 Å². The fourth-order valence-corrected chi connectivity index (χ4v) is 4.47. The van der Waals surface area contributed by atoms with Crippen LogP contribution in [-0.4, -0.2) is 31.9 Å². The summed E-state index contributed by atoms with van der Waals surface area (Å²) in [4.78, 5) is 28.4. The highest BCUT2D eigenvalue weighted by Crippen LogP contribution is 2.46. The minimum atomic E-state index is -0.288. The molecule has 136 valence electrons. The van der Waals surface area contributed by atoms with Crippen molar-refractivity contribution in [3.05, 3.63) is 47.9 Å². The summed E-state index contributed by atoms with van der Waals surface area (Å²) in [6.07, 6.45) is 10.2. The predicted molar refractivity (Wildman–Crippen MR) is 103 cm³/mol. The molecular weight excluding hydrogens is 364 g/mol. The lowest BCUT2D eigenvalue weighted by atomic mass is 9.88. The van der Waals surface area contributed by atoms with Gasteiger partial charge in [-0.2, -0.15) is 0 Å². The van der Waals surface area contributed by atoms with Gasteiger partial charge in [-0.1, -0.05) is 23.8 Å². The fraction of sp³-hybridized carbons (Fsp3) is 0.263. The van der Waals surface area contributed by atoms with Crippen molar-refractivity contribution in [1.82, 2.24) is 19.9 Å². The number of nitrogens with two attached hydrogens (primary N) is 1. The summed E-state index contributed by atoms with van der Waals surface area (Å²) in [7, 11) is 0. The molecule has 2 aliphatic rings. The summed E-state index contributed by atoms with van der Waals surface area (Å²) >= 11 is 6.44. The fourth-order valence-electron chi connectivity index (χ4n) is 4.28. The molecule has 0 radical (unpaired) electrons. The van der Waals surface area contributed by atoms with Gasteiger partial charge in [0.1, 0.15) is 11.3 Å². The van der Waals surface area contributed by atoms with Crippen molar-refractivity contribution in [2.45, 2.75) is 12.5 Å². The lowest BCUT2D eigenvalue weighted by Gasteiger charge is -2.27. The van der Waals surface area contributed by atoms with Crippen molar-refractivity contribution < 1.29 is 4.79 Å². The van der Waals surface area contributed by atoms with Crippen LogP contribution in [0.5, 0.6) is 0 Å². The summed E-state index contributed by atoms with van der Waals surface area (Å²) in [6.45, 7) is 0. The van der Waals surface area contributed by atoms with E-state index in [-0.39, 0.29) is 29.7 Å². The number of primary amides is 1. The molecule has 1 amide bonds. The molecular formula is C19H17ClN6O. The normalized spacial score (nSPS) is 26.0. The smallest absolute Gasteiger partial charge is 0.223 e. The van der Waals surface area contributed by atoms with Gasteiger partial charge in [-0.25, -0.2) is 9.97 Å². The third-order valence-electron chi connectivity index (χ3n) is 5.50. The average Bonchev–Trinajstić information content (AvgIpc) is 3.38. The van der Waals surface area contributed by atoms with E-state index in [0.29, 0.717) is 27.7 Å². The van der Waals surface area contributed by atoms with Crippen molar-refractivity contribution in [1.29, 1.82) is 0 Å². The molecule has 1 fully saturated rings. The summed E-state index contributed by atoms with van der Waals surface area (Å²) < 4.78 is 0. The number of nitrogens with zero attached hydrogens (tertiary/aromatic N) is 3. The Labute approximate surface area is 160 Å². The van der Waals surface area contributed by atoms with Crippen molar-refractivity contribution in [2.24, 2.45) is 23.5 Å². The molecule has 0 saturated heterocycles. The van der Waals surface area contributed by atoms with Crippen molar-refractivity contribution in [3.63, 3.8) is 0 Å². The lowest BCUT2D eigenvalue weighted by Crippen LogP contribution is -2.41. The Balaban J connectivity index is 1.57. The SMILES string of the molecule is NC(=O)[C@@H]1[C@H](Nc2c(Cl)cnc3[nH]c(-c4cccnc4)nc23)[C@H]2C=C[C@@H]1C2. The van der Waals surface area contributed by atoms with Crippen LogP contribution in [0.15, 0.2) is 42.9 Å². The highest BCUT2D eigenvalue weighted by atomic mass is 35.5. The number of nitrogens with one attached hydrogen (secondary N) is 2. The van der Waals surface area contributed by atoms with Gasteiger partial charge in [-0.3, -0.25) is 9.78 Å². The molecule has 27 heavy (non-hydrogen) atoms. The second-order valence-corrected chi connectivity index (χ2v) is 7.46. The highest BCUT2D eigenvalue weighted by Gasteiger charge is 2.47. The molecule has 7 nitrogen and oxygen atoms in total. The van der Waals surface area contributed by atoms with E-state index in [1.807, 2.05) is 12.1 Å². The van der Waals surface area contributed by atoms with E-state index in [1.54, 1.807) is 18.6 Å². The number of H-pyrrole nitrogens is 1. The Hall–Kier alpha value is -2.93. The van der Waals surface area contributed by atoms with Crippen molar-refractivity contribution in [3.8, 4) is 11.4 Å². The second-order valence-electron chi connectivity index (χ2n) is 7.05. The largest absolute Gasteiger partial charge is 0.378 e. The average molecular weight is 381 g/mol. The number of pyridine rings is 2. The van der Waals surface area contributed by atoms with E-state index >= 15 is 0 Å². The molecule has 3 heterocycles. The Kier molecular flexibility index (Phi) is 3.65. The predicted octanol–water partition coefficient (Wildman–Crippen LogP) is 2.76. The van der Waals surface area contributed by atoms with Crippen LogP contribution in [0.1, 0.15) is 6.42 Å². The Morgan fingerprint density at radius 2 is 2.15 bits per heavy atom. The molecule has 3 aromatic rings. The first kappa shape index (κ1) is 16.3. The van der Waals surface area contributed by atoms with Crippen LogP contribution in [0.4, 0.5) is 5.69 Å². The first-order valence-electron chi connectivity index (χ1n) is 8.80. The topological polar surface area (TPSA) is 110 Å². The van der Waals surface area contributed by atoms with Gasteiger partial charge < -0.3 is 16.0 Å². The number of rotatable bonds is 4. The number of carbonyl (C=O) groups excluding carboxylic acids is 1. The molecule has 4 atom stereocenters.